The van der Waals surface area contributed by atoms with Gasteiger partial charge in [-0.05, 0) is 30.3 Å². The van der Waals surface area contributed by atoms with Gasteiger partial charge in [0.05, 0.1) is 33.1 Å². The van der Waals surface area contributed by atoms with E-state index in [1.165, 1.54) is 0 Å². The van der Waals surface area contributed by atoms with Gasteiger partial charge in [-0.25, -0.2) is 9.97 Å². The van der Waals surface area contributed by atoms with Gasteiger partial charge < -0.3 is 4.98 Å². The lowest BCUT2D eigenvalue weighted by Gasteiger charge is -2.11. The van der Waals surface area contributed by atoms with Crippen molar-refractivity contribution in [1.29, 1.82) is 0 Å². The van der Waals surface area contributed by atoms with Gasteiger partial charge in [-0.3, -0.25) is 8.97 Å². The third-order valence-corrected chi connectivity index (χ3v) is 7.73. The molecule has 7 nitrogen and oxygen atoms in total. The highest BCUT2D eigenvalue weighted by atomic mass is 15.2. The molecule has 0 amide bonds. The predicted molar refractivity (Wildman–Crippen MR) is 163 cm³/mol. The largest absolute Gasteiger partial charge is 0.323 e. The van der Waals surface area contributed by atoms with E-state index < -0.39 is 0 Å². The van der Waals surface area contributed by atoms with Crippen molar-refractivity contribution >= 4 is 49.7 Å². The number of H-pyrrole nitrogens is 1. The van der Waals surface area contributed by atoms with E-state index in [0.29, 0.717) is 17.6 Å². The zero-order valence-corrected chi connectivity index (χ0v) is 21.7. The molecule has 0 atom stereocenters. The highest BCUT2D eigenvalue weighted by Gasteiger charge is 2.20. The molecular weight excluding hydrogens is 506 g/mol. The van der Waals surface area contributed by atoms with Crippen molar-refractivity contribution < 1.29 is 0 Å². The van der Waals surface area contributed by atoms with E-state index in [4.69, 9.17) is 19.9 Å². The maximum absolute atomic E-state index is 5.05. The van der Waals surface area contributed by atoms with E-state index in [-0.39, 0.29) is 0 Å². The van der Waals surface area contributed by atoms with E-state index >= 15 is 0 Å². The van der Waals surface area contributed by atoms with Crippen LogP contribution in [-0.4, -0.2) is 33.9 Å². The first kappa shape index (κ1) is 22.0. The summed E-state index contributed by atoms with van der Waals surface area (Å²) in [5.74, 6) is 2.65. The van der Waals surface area contributed by atoms with Crippen molar-refractivity contribution in [2.45, 2.75) is 0 Å². The average Bonchev–Trinajstić information content (AvgIpc) is 3.68. The van der Waals surface area contributed by atoms with Crippen LogP contribution in [0.5, 0.6) is 0 Å². The zero-order chi connectivity index (χ0) is 26.9. The maximum atomic E-state index is 5.05. The number of aromatic amines is 1. The van der Waals surface area contributed by atoms with Crippen LogP contribution < -0.4 is 0 Å². The Balaban J connectivity index is 1.40. The molecule has 0 spiro atoms. The van der Waals surface area contributed by atoms with Crippen LogP contribution in [0.25, 0.3) is 78.4 Å². The van der Waals surface area contributed by atoms with Gasteiger partial charge in [0.1, 0.15) is 0 Å². The van der Waals surface area contributed by atoms with E-state index in [9.17, 15) is 0 Å². The molecule has 4 heterocycles. The van der Waals surface area contributed by atoms with Crippen molar-refractivity contribution in [1.82, 2.24) is 33.9 Å². The van der Waals surface area contributed by atoms with Crippen molar-refractivity contribution in [2.24, 2.45) is 0 Å². The topological polar surface area (TPSA) is 76.7 Å². The summed E-state index contributed by atoms with van der Waals surface area (Å²) in [4.78, 5) is 23.4. The van der Waals surface area contributed by atoms with E-state index in [0.717, 1.165) is 60.8 Å². The number of para-hydroxylation sites is 3. The van der Waals surface area contributed by atoms with Gasteiger partial charge in [0.25, 0.3) is 0 Å². The van der Waals surface area contributed by atoms with Gasteiger partial charge in [0.15, 0.2) is 11.6 Å². The van der Waals surface area contributed by atoms with Crippen LogP contribution in [0.1, 0.15) is 0 Å². The van der Waals surface area contributed by atoms with Crippen molar-refractivity contribution in [3.63, 3.8) is 0 Å². The van der Waals surface area contributed by atoms with Crippen LogP contribution in [0.15, 0.2) is 121 Å². The summed E-state index contributed by atoms with van der Waals surface area (Å²) >= 11 is 0. The quantitative estimate of drug-likeness (QED) is 0.257. The number of aromatic nitrogens is 7. The Morgan fingerprint density at radius 3 is 1.85 bits per heavy atom. The Morgan fingerprint density at radius 2 is 1.12 bits per heavy atom. The summed E-state index contributed by atoms with van der Waals surface area (Å²) in [7, 11) is 0. The molecule has 7 heteroatoms. The highest BCUT2D eigenvalue weighted by molar-refractivity contribution is 6.13. The molecule has 1 N–H and O–H groups in total. The number of nitrogens with zero attached hydrogens (tertiary/aromatic N) is 6. The lowest BCUT2D eigenvalue weighted by atomic mass is 10.1. The first-order valence-electron chi connectivity index (χ1n) is 13.5. The fraction of sp³-hybridized carbons (Fsp3) is 0. The van der Waals surface area contributed by atoms with Crippen LogP contribution in [0.2, 0.25) is 0 Å². The molecule has 0 unspecified atom stereocenters. The molecule has 0 saturated heterocycles. The number of rotatable bonds is 3. The molecule has 0 radical (unpaired) electrons. The Morgan fingerprint density at radius 1 is 0.488 bits per heavy atom. The average molecular weight is 528 g/mol. The standard InChI is InChI=1S/C34H21N7/c1-3-11-21(12-4-1)31-37-32(22-13-5-2-6-14-22)39-34(38-31)40-27-17-9-7-15-23(27)24-19-26-30(20-29(24)40)41-28-18-10-8-16-25(28)35-33(41)36-26/h1-20H,(H,35,36). The lowest BCUT2D eigenvalue weighted by molar-refractivity contribution is 0.953. The predicted octanol–water partition coefficient (Wildman–Crippen LogP) is 7.58. The number of benzene rings is 5. The summed E-state index contributed by atoms with van der Waals surface area (Å²) in [5, 5.41) is 2.22. The van der Waals surface area contributed by atoms with Gasteiger partial charge in [-0.1, -0.05) is 91.0 Å². The van der Waals surface area contributed by atoms with E-state index in [1.54, 1.807) is 0 Å². The zero-order valence-electron chi connectivity index (χ0n) is 21.7. The molecule has 4 aromatic heterocycles. The van der Waals surface area contributed by atoms with E-state index in [2.05, 4.69) is 68.5 Å². The molecular formula is C34H21N7. The minimum atomic E-state index is 0.572. The number of hydrogen-bond acceptors (Lipinski definition) is 4. The first-order chi connectivity index (χ1) is 20.3. The minimum Gasteiger partial charge on any atom is -0.323 e. The summed E-state index contributed by atoms with van der Waals surface area (Å²) in [6.07, 6.45) is 0. The molecule has 0 bridgehead atoms. The van der Waals surface area contributed by atoms with Crippen molar-refractivity contribution in [3.05, 3.63) is 121 Å². The first-order valence-corrected chi connectivity index (χ1v) is 13.5. The second-order valence-electron chi connectivity index (χ2n) is 10.1. The number of nitrogens with one attached hydrogen (secondary N) is 1. The molecule has 0 saturated carbocycles. The Bertz CT molecular complexity index is 2360. The summed E-state index contributed by atoms with van der Waals surface area (Å²) in [6, 6.07) is 41.2. The van der Waals surface area contributed by atoms with Crippen LogP contribution in [-0.2, 0) is 0 Å². The molecule has 9 aromatic rings. The number of fused-ring (bicyclic) bond motifs is 8. The van der Waals surface area contributed by atoms with Crippen molar-refractivity contribution in [3.8, 4) is 28.7 Å². The molecule has 0 fully saturated rings. The second kappa shape index (κ2) is 8.34. The molecule has 41 heavy (non-hydrogen) atoms. The fourth-order valence-electron chi connectivity index (χ4n) is 5.87. The fourth-order valence-corrected chi connectivity index (χ4v) is 5.87. The second-order valence-corrected chi connectivity index (χ2v) is 10.1. The number of imidazole rings is 2. The van der Waals surface area contributed by atoms with Crippen molar-refractivity contribution in [2.75, 3.05) is 0 Å². The Labute approximate surface area is 233 Å². The van der Waals surface area contributed by atoms with Crippen LogP contribution >= 0.6 is 0 Å². The summed E-state index contributed by atoms with van der Waals surface area (Å²) in [5.41, 5.74) is 8.01. The van der Waals surface area contributed by atoms with Gasteiger partial charge >= 0.3 is 0 Å². The maximum Gasteiger partial charge on any atom is 0.238 e. The summed E-state index contributed by atoms with van der Waals surface area (Å²) in [6.45, 7) is 0. The molecule has 0 aliphatic rings. The molecule has 5 aromatic carbocycles. The van der Waals surface area contributed by atoms with Gasteiger partial charge in [-0.2, -0.15) is 9.97 Å². The minimum absolute atomic E-state index is 0.572. The smallest absolute Gasteiger partial charge is 0.238 e. The number of hydrogen-bond donors (Lipinski definition) is 1. The van der Waals surface area contributed by atoms with Gasteiger partial charge in [0.2, 0.25) is 11.7 Å². The highest BCUT2D eigenvalue weighted by Crippen LogP contribution is 2.35. The normalized spacial score (nSPS) is 11.9. The van der Waals surface area contributed by atoms with Crippen LogP contribution in [0.3, 0.4) is 0 Å². The summed E-state index contributed by atoms with van der Waals surface area (Å²) < 4.78 is 4.34. The Kier molecular flexibility index (Phi) is 4.48. The molecule has 9 rings (SSSR count). The van der Waals surface area contributed by atoms with Gasteiger partial charge in [-0.15, -0.1) is 0 Å². The Hall–Kier alpha value is -5.82. The van der Waals surface area contributed by atoms with Gasteiger partial charge in [0, 0.05) is 21.9 Å². The monoisotopic (exact) mass is 527 g/mol. The third kappa shape index (κ3) is 3.26. The van der Waals surface area contributed by atoms with Crippen LogP contribution in [0, 0.1) is 0 Å². The van der Waals surface area contributed by atoms with Crippen LogP contribution in [0.4, 0.5) is 0 Å². The lowest BCUT2D eigenvalue weighted by Crippen LogP contribution is -2.06. The van der Waals surface area contributed by atoms with E-state index in [1.807, 2.05) is 66.7 Å². The molecule has 0 aliphatic carbocycles. The SMILES string of the molecule is c1ccc(-c2nc(-c3ccccc3)nc(-n3c4ccccc4c4cc5nc6[nH]c7ccccc7n6c5cc43)n2)cc1. The molecule has 192 valence electrons. The molecule has 0 aliphatic heterocycles. The third-order valence-electron chi connectivity index (χ3n) is 7.73.